The molecule has 0 bridgehead atoms. The molecule has 0 radical (unpaired) electrons. The fourth-order valence-electron chi connectivity index (χ4n) is 1.60. The predicted molar refractivity (Wildman–Crippen MR) is 78.5 cm³/mol. The van der Waals surface area contributed by atoms with Crippen LogP contribution in [0.5, 0.6) is 0 Å². The number of anilines is 1. The van der Waals surface area contributed by atoms with E-state index in [0.717, 1.165) is 9.88 Å². The molecule has 20 heavy (non-hydrogen) atoms. The summed E-state index contributed by atoms with van der Waals surface area (Å²) in [6.07, 6.45) is 0. The Kier molecular flexibility index (Phi) is 4.19. The van der Waals surface area contributed by atoms with Gasteiger partial charge in [0, 0.05) is 14.1 Å². The zero-order valence-corrected chi connectivity index (χ0v) is 12.3. The molecule has 0 unspecified atom stereocenters. The minimum Gasteiger partial charge on any atom is -0.462 e. The lowest BCUT2D eigenvalue weighted by Crippen LogP contribution is -2.20. The first-order valence-corrected chi connectivity index (χ1v) is 6.89. The summed E-state index contributed by atoms with van der Waals surface area (Å²) >= 11 is 1.52. The molecule has 0 fully saturated rings. The van der Waals surface area contributed by atoms with Gasteiger partial charge in [-0.1, -0.05) is 0 Å². The van der Waals surface area contributed by atoms with E-state index in [2.05, 4.69) is 10.2 Å². The molecule has 2 rings (SSSR count). The van der Waals surface area contributed by atoms with Gasteiger partial charge in [0.05, 0.1) is 16.5 Å². The molecule has 2 aromatic rings. The third kappa shape index (κ3) is 2.88. The van der Waals surface area contributed by atoms with Gasteiger partial charge >= 0.3 is 5.97 Å². The largest absolute Gasteiger partial charge is 0.462 e. The molecule has 1 N–H and O–H groups in total. The molecule has 0 atom stereocenters. The average Bonchev–Trinajstić information content (AvgIpc) is 2.89. The molecule has 0 aromatic carbocycles. The highest BCUT2D eigenvalue weighted by Crippen LogP contribution is 2.31. The minimum atomic E-state index is -0.637. The Balaban J connectivity index is 2.40. The van der Waals surface area contributed by atoms with Crippen LogP contribution in [0.25, 0.3) is 10.6 Å². The molecule has 0 saturated carbocycles. The summed E-state index contributed by atoms with van der Waals surface area (Å²) in [7, 11) is 3.89. The standard InChI is InChI=1S/C13H15N3O3S/c1-4-19-13(18)8-7-9(14-15-12(8)17)10-5-6-11(20-10)16(2)3/h5-7H,4H2,1-3H3,(H,15,17). The Morgan fingerprint density at radius 2 is 2.20 bits per heavy atom. The average molecular weight is 293 g/mol. The summed E-state index contributed by atoms with van der Waals surface area (Å²) in [5.41, 5.74) is -0.0287. The van der Waals surface area contributed by atoms with Crippen molar-refractivity contribution in [1.29, 1.82) is 0 Å². The number of nitrogens with zero attached hydrogens (tertiary/aromatic N) is 2. The van der Waals surface area contributed by atoms with E-state index in [1.165, 1.54) is 17.4 Å². The molecular formula is C13H15N3O3S. The third-order valence-corrected chi connectivity index (χ3v) is 3.86. The zero-order chi connectivity index (χ0) is 14.7. The van der Waals surface area contributed by atoms with Crippen LogP contribution in [-0.4, -0.2) is 36.9 Å². The lowest BCUT2D eigenvalue weighted by atomic mass is 10.2. The van der Waals surface area contributed by atoms with Crippen molar-refractivity contribution in [2.24, 2.45) is 0 Å². The van der Waals surface area contributed by atoms with Crippen LogP contribution in [-0.2, 0) is 4.74 Å². The topological polar surface area (TPSA) is 75.3 Å². The minimum absolute atomic E-state index is 0.0309. The lowest BCUT2D eigenvalue weighted by Gasteiger charge is -2.07. The maximum atomic E-state index is 11.7. The predicted octanol–water partition coefficient (Wildman–Crippen LogP) is 1.74. The maximum Gasteiger partial charge on any atom is 0.343 e. The second-order valence-corrected chi connectivity index (χ2v) is 5.31. The smallest absolute Gasteiger partial charge is 0.343 e. The number of aromatic amines is 1. The molecule has 6 nitrogen and oxygen atoms in total. The molecule has 0 amide bonds. The van der Waals surface area contributed by atoms with E-state index in [-0.39, 0.29) is 12.2 Å². The van der Waals surface area contributed by atoms with Gasteiger partial charge < -0.3 is 9.64 Å². The van der Waals surface area contributed by atoms with Crippen LogP contribution < -0.4 is 10.5 Å². The zero-order valence-electron chi connectivity index (χ0n) is 11.5. The first-order valence-electron chi connectivity index (χ1n) is 6.07. The van der Waals surface area contributed by atoms with Gasteiger partial charge in [0.2, 0.25) is 0 Å². The maximum absolute atomic E-state index is 11.7. The lowest BCUT2D eigenvalue weighted by molar-refractivity contribution is 0.0524. The number of rotatable bonds is 4. The number of nitrogens with one attached hydrogen (secondary N) is 1. The number of carbonyl (C=O) groups is 1. The van der Waals surface area contributed by atoms with Crippen LogP contribution in [0.4, 0.5) is 5.00 Å². The molecular weight excluding hydrogens is 278 g/mol. The summed E-state index contributed by atoms with van der Waals surface area (Å²) in [5.74, 6) is -0.637. The van der Waals surface area contributed by atoms with Crippen molar-refractivity contribution in [3.63, 3.8) is 0 Å². The van der Waals surface area contributed by atoms with Crippen molar-refractivity contribution >= 4 is 22.3 Å². The SMILES string of the molecule is CCOC(=O)c1cc(-c2ccc(N(C)C)s2)n[nH]c1=O. The Bertz CT molecular complexity index is 675. The number of carbonyl (C=O) groups excluding carboxylic acids is 1. The van der Waals surface area contributed by atoms with Gasteiger partial charge in [-0.25, -0.2) is 9.89 Å². The number of esters is 1. The molecule has 2 heterocycles. The molecule has 7 heteroatoms. The fraction of sp³-hybridized carbons (Fsp3) is 0.308. The normalized spacial score (nSPS) is 10.3. The van der Waals surface area contributed by atoms with E-state index in [0.29, 0.717) is 5.69 Å². The highest BCUT2D eigenvalue weighted by atomic mass is 32.1. The Hall–Kier alpha value is -2.15. The van der Waals surface area contributed by atoms with Crippen molar-refractivity contribution in [3.05, 3.63) is 34.1 Å². The van der Waals surface area contributed by atoms with Crippen molar-refractivity contribution < 1.29 is 9.53 Å². The number of ether oxygens (including phenoxy) is 1. The molecule has 0 saturated heterocycles. The Morgan fingerprint density at radius 1 is 1.45 bits per heavy atom. The van der Waals surface area contributed by atoms with Gasteiger partial charge in [0.25, 0.3) is 5.56 Å². The summed E-state index contributed by atoms with van der Waals surface area (Å²) in [5, 5.41) is 7.36. The van der Waals surface area contributed by atoms with Crippen LogP contribution in [0.2, 0.25) is 0 Å². The van der Waals surface area contributed by atoms with Crippen molar-refractivity contribution in [3.8, 4) is 10.6 Å². The van der Waals surface area contributed by atoms with E-state index in [1.807, 2.05) is 31.1 Å². The molecule has 0 aliphatic carbocycles. The Morgan fingerprint density at radius 3 is 2.80 bits per heavy atom. The fourth-order valence-corrected chi connectivity index (χ4v) is 2.49. The second-order valence-electron chi connectivity index (χ2n) is 4.25. The number of hydrogen-bond donors (Lipinski definition) is 1. The van der Waals surface area contributed by atoms with Crippen LogP contribution in [0, 0.1) is 0 Å². The van der Waals surface area contributed by atoms with Gasteiger partial charge in [-0.05, 0) is 25.1 Å². The first-order chi connectivity index (χ1) is 9.52. The first kappa shape index (κ1) is 14.3. The van der Waals surface area contributed by atoms with Gasteiger partial charge in [-0.2, -0.15) is 5.10 Å². The van der Waals surface area contributed by atoms with Gasteiger partial charge in [-0.3, -0.25) is 4.79 Å². The summed E-state index contributed by atoms with van der Waals surface area (Å²) in [6, 6.07) is 5.31. The van der Waals surface area contributed by atoms with Gasteiger partial charge in [0.1, 0.15) is 11.3 Å². The van der Waals surface area contributed by atoms with E-state index >= 15 is 0 Å². The van der Waals surface area contributed by atoms with Crippen molar-refractivity contribution in [2.75, 3.05) is 25.6 Å². The molecule has 2 aromatic heterocycles. The van der Waals surface area contributed by atoms with Crippen molar-refractivity contribution in [1.82, 2.24) is 10.2 Å². The second kappa shape index (κ2) is 5.87. The van der Waals surface area contributed by atoms with Crippen LogP contribution in [0.3, 0.4) is 0 Å². The van der Waals surface area contributed by atoms with E-state index in [4.69, 9.17) is 4.74 Å². The highest BCUT2D eigenvalue weighted by Gasteiger charge is 2.15. The molecule has 0 spiro atoms. The van der Waals surface area contributed by atoms with Gasteiger partial charge in [-0.15, -0.1) is 11.3 Å². The third-order valence-electron chi connectivity index (χ3n) is 2.58. The Labute approximate surface area is 120 Å². The number of thiophene rings is 1. The number of hydrogen-bond acceptors (Lipinski definition) is 6. The van der Waals surface area contributed by atoms with Crippen LogP contribution in [0.15, 0.2) is 23.0 Å². The monoisotopic (exact) mass is 293 g/mol. The molecule has 0 aliphatic heterocycles. The quantitative estimate of drug-likeness (QED) is 0.869. The summed E-state index contributed by atoms with van der Waals surface area (Å²) < 4.78 is 4.85. The van der Waals surface area contributed by atoms with E-state index < -0.39 is 11.5 Å². The van der Waals surface area contributed by atoms with Gasteiger partial charge in [0.15, 0.2) is 0 Å². The van der Waals surface area contributed by atoms with E-state index in [9.17, 15) is 9.59 Å². The summed E-state index contributed by atoms with van der Waals surface area (Å²) in [4.78, 5) is 26.1. The van der Waals surface area contributed by atoms with E-state index in [1.54, 1.807) is 6.92 Å². The number of aromatic nitrogens is 2. The molecule has 106 valence electrons. The molecule has 0 aliphatic rings. The number of H-pyrrole nitrogens is 1. The highest BCUT2D eigenvalue weighted by molar-refractivity contribution is 7.19. The van der Waals surface area contributed by atoms with Crippen molar-refractivity contribution in [2.45, 2.75) is 6.92 Å². The van der Waals surface area contributed by atoms with Crippen LogP contribution >= 0.6 is 11.3 Å². The summed E-state index contributed by atoms with van der Waals surface area (Å²) in [6.45, 7) is 1.91. The van der Waals surface area contributed by atoms with Crippen LogP contribution in [0.1, 0.15) is 17.3 Å².